The predicted octanol–water partition coefficient (Wildman–Crippen LogP) is 8.74. The quantitative estimate of drug-likeness (QED) is 0.137. The normalized spacial score (nSPS) is 17.4. The number of hydrogen-bond acceptors (Lipinski definition) is 6. The van der Waals surface area contributed by atoms with E-state index in [4.69, 9.17) is 9.47 Å². The van der Waals surface area contributed by atoms with Crippen LogP contribution in [0.4, 0.5) is 26.3 Å². The minimum Gasteiger partial charge on any atom is -0.456 e. The Balaban J connectivity index is 1.72. The van der Waals surface area contributed by atoms with Crippen molar-refractivity contribution >= 4 is 45.6 Å². The van der Waals surface area contributed by atoms with Crippen LogP contribution in [0.3, 0.4) is 0 Å². The Hall–Kier alpha value is -2.96. The van der Waals surface area contributed by atoms with Crippen LogP contribution < -0.4 is 0 Å². The van der Waals surface area contributed by atoms with Gasteiger partial charge >= 0.3 is 23.7 Å². The van der Waals surface area contributed by atoms with Gasteiger partial charge in [0, 0.05) is 36.2 Å². The number of rotatable bonds is 9. The fraction of sp³-hybridized carbons (Fsp3) is 0.379. The van der Waals surface area contributed by atoms with Gasteiger partial charge in [-0.1, -0.05) is 12.1 Å². The van der Waals surface area contributed by atoms with E-state index in [0.717, 1.165) is 28.7 Å². The number of carbonyl (C=O) groups is 2. The molecule has 0 saturated carbocycles. The largest absolute Gasteiger partial charge is 0.456 e. The van der Waals surface area contributed by atoms with Crippen molar-refractivity contribution in [2.45, 2.75) is 71.7 Å². The van der Waals surface area contributed by atoms with Gasteiger partial charge in [-0.3, -0.25) is 4.79 Å². The first-order valence-corrected chi connectivity index (χ1v) is 14.1. The maximum atomic E-state index is 15.3. The van der Waals surface area contributed by atoms with E-state index < -0.39 is 47.1 Å². The Labute approximate surface area is 240 Å². The van der Waals surface area contributed by atoms with Crippen LogP contribution in [0.25, 0.3) is 11.1 Å². The van der Waals surface area contributed by atoms with Crippen molar-refractivity contribution in [3.8, 4) is 0 Å². The van der Waals surface area contributed by atoms with Gasteiger partial charge in [0.05, 0.1) is 18.3 Å². The molecule has 0 atom stereocenters. The average molecular weight is 617 g/mol. The zero-order valence-corrected chi connectivity index (χ0v) is 24.3. The van der Waals surface area contributed by atoms with E-state index in [1.54, 1.807) is 13.8 Å². The minimum atomic E-state index is -5.68. The summed E-state index contributed by atoms with van der Waals surface area (Å²) in [7, 11) is 0. The summed E-state index contributed by atoms with van der Waals surface area (Å²) < 4.78 is 101. The maximum absolute atomic E-state index is 15.3. The molecule has 0 bridgehead atoms. The van der Waals surface area contributed by atoms with Crippen LogP contribution in [-0.4, -0.2) is 35.6 Å². The zero-order chi connectivity index (χ0) is 30.5. The number of benzene rings is 1. The molecule has 0 unspecified atom stereocenters. The molecule has 0 radical (unpaired) electrons. The molecule has 0 amide bonds. The highest BCUT2D eigenvalue weighted by Gasteiger charge is 2.80. The first kappa shape index (κ1) is 31.0. The highest BCUT2D eigenvalue weighted by atomic mass is 32.1. The summed E-state index contributed by atoms with van der Waals surface area (Å²) in [6, 6.07) is 7.93. The van der Waals surface area contributed by atoms with Crippen molar-refractivity contribution in [3.05, 3.63) is 78.2 Å². The summed E-state index contributed by atoms with van der Waals surface area (Å²) in [6.45, 7) is 7.23. The molecule has 2 aromatic heterocycles. The predicted molar refractivity (Wildman–Crippen MR) is 145 cm³/mol. The fourth-order valence-electron chi connectivity index (χ4n) is 4.47. The molecule has 4 rings (SSSR count). The first-order valence-electron chi connectivity index (χ1n) is 12.5. The Kier molecular flexibility index (Phi) is 8.34. The lowest BCUT2D eigenvalue weighted by Gasteiger charge is -2.25. The highest BCUT2D eigenvalue weighted by Crippen LogP contribution is 2.65. The molecule has 220 valence electrons. The Morgan fingerprint density at radius 3 is 1.66 bits per heavy atom. The molecule has 0 spiro atoms. The highest BCUT2D eigenvalue weighted by molar-refractivity contribution is 7.12. The summed E-state index contributed by atoms with van der Waals surface area (Å²) in [4.78, 5) is 24.8. The van der Waals surface area contributed by atoms with Crippen molar-refractivity contribution in [1.82, 2.24) is 0 Å². The number of thiophene rings is 2. The van der Waals surface area contributed by atoms with Crippen LogP contribution in [0, 0.1) is 13.8 Å². The van der Waals surface area contributed by atoms with E-state index in [1.807, 2.05) is 0 Å². The molecular weight excluding hydrogens is 590 g/mol. The van der Waals surface area contributed by atoms with Gasteiger partial charge in [-0.15, -0.1) is 22.7 Å². The SMILES string of the molecule is CC(=O)c1ccc(C(=O)OCc2cc(C3=C(c4cc(COC(C)C)sc4C)C(F)(F)C(F)(F)C3(F)F)c(C)s2)cc1. The van der Waals surface area contributed by atoms with Crippen LogP contribution in [0.1, 0.15) is 72.1 Å². The third kappa shape index (κ3) is 5.49. The number of aryl methyl sites for hydroxylation is 2. The van der Waals surface area contributed by atoms with E-state index in [1.165, 1.54) is 51.1 Å². The zero-order valence-electron chi connectivity index (χ0n) is 22.7. The number of ether oxygens (including phenoxy) is 2. The van der Waals surface area contributed by atoms with E-state index in [2.05, 4.69) is 0 Å². The average Bonchev–Trinajstić information content (AvgIpc) is 3.47. The second kappa shape index (κ2) is 11.0. The molecule has 12 heteroatoms. The number of hydrogen-bond donors (Lipinski definition) is 0. The second-order valence-corrected chi connectivity index (χ2v) is 12.6. The van der Waals surface area contributed by atoms with E-state index >= 15 is 17.6 Å². The number of ketones is 1. The van der Waals surface area contributed by atoms with E-state index in [-0.39, 0.29) is 44.3 Å². The Morgan fingerprint density at radius 1 is 0.780 bits per heavy atom. The van der Waals surface area contributed by atoms with Crippen LogP contribution >= 0.6 is 22.7 Å². The molecule has 0 saturated heterocycles. The monoisotopic (exact) mass is 616 g/mol. The molecule has 3 aromatic rings. The lowest BCUT2D eigenvalue weighted by Crippen LogP contribution is -2.48. The molecule has 0 fully saturated rings. The van der Waals surface area contributed by atoms with Crippen molar-refractivity contribution in [2.24, 2.45) is 0 Å². The summed E-state index contributed by atoms with van der Waals surface area (Å²) >= 11 is 1.87. The molecule has 2 heterocycles. The van der Waals surface area contributed by atoms with Crippen LogP contribution in [0.2, 0.25) is 0 Å². The van der Waals surface area contributed by atoms with Gasteiger partial charge < -0.3 is 9.47 Å². The lowest BCUT2D eigenvalue weighted by molar-refractivity contribution is -0.254. The molecule has 0 N–H and O–H groups in total. The summed E-state index contributed by atoms with van der Waals surface area (Å²) in [6.07, 6.45) is -0.196. The third-order valence-electron chi connectivity index (χ3n) is 6.57. The minimum absolute atomic E-state index is 0.00855. The Morgan fingerprint density at radius 2 is 1.22 bits per heavy atom. The van der Waals surface area contributed by atoms with Crippen molar-refractivity contribution in [1.29, 1.82) is 0 Å². The molecule has 1 aliphatic carbocycles. The number of esters is 1. The van der Waals surface area contributed by atoms with Crippen molar-refractivity contribution in [3.63, 3.8) is 0 Å². The van der Waals surface area contributed by atoms with Gasteiger partial charge in [-0.05, 0) is 70.0 Å². The lowest BCUT2D eigenvalue weighted by atomic mass is 9.95. The van der Waals surface area contributed by atoms with Gasteiger partial charge in [0.1, 0.15) is 6.61 Å². The summed E-state index contributed by atoms with van der Waals surface area (Å²) in [5.74, 6) is -17.0. The fourth-order valence-corrected chi connectivity index (χ4v) is 6.40. The topological polar surface area (TPSA) is 52.6 Å². The van der Waals surface area contributed by atoms with Crippen LogP contribution in [0.5, 0.6) is 0 Å². The van der Waals surface area contributed by atoms with Gasteiger partial charge in [0.15, 0.2) is 5.78 Å². The first-order chi connectivity index (χ1) is 19.0. The van der Waals surface area contributed by atoms with Crippen LogP contribution in [-0.2, 0) is 22.7 Å². The molecule has 41 heavy (non-hydrogen) atoms. The van der Waals surface area contributed by atoms with Gasteiger partial charge in [-0.25, -0.2) is 4.79 Å². The van der Waals surface area contributed by atoms with Crippen molar-refractivity contribution in [2.75, 3.05) is 0 Å². The van der Waals surface area contributed by atoms with E-state index in [0.29, 0.717) is 10.4 Å². The van der Waals surface area contributed by atoms with Crippen LogP contribution in [0.15, 0.2) is 36.4 Å². The smallest absolute Gasteiger partial charge is 0.380 e. The molecular formula is C29H26F6O4S2. The standard InChI is InChI=1S/C29H26F6O4S2/c1-14(2)38-12-20-10-22(16(4)40-20)24-25(28(32,33)29(34,35)27(24,30)31)23-11-21(41-17(23)5)13-39-26(37)19-8-6-18(7-9-19)15(3)36/h6-11,14H,12-13H2,1-5H3. The molecule has 1 aliphatic rings. The summed E-state index contributed by atoms with van der Waals surface area (Å²) in [5, 5.41) is 0. The van der Waals surface area contributed by atoms with Gasteiger partial charge in [0.25, 0.3) is 0 Å². The molecule has 1 aromatic carbocycles. The molecule has 4 nitrogen and oxygen atoms in total. The number of halogens is 6. The second-order valence-electron chi connectivity index (χ2n) is 9.91. The van der Waals surface area contributed by atoms with Crippen molar-refractivity contribution < 1.29 is 45.4 Å². The number of Topliss-reactive ketones (excluding diaryl/α,β-unsaturated/α-hetero) is 1. The summed E-state index contributed by atoms with van der Waals surface area (Å²) in [5.41, 5.74) is -3.21. The molecule has 0 aliphatic heterocycles. The maximum Gasteiger partial charge on any atom is 0.380 e. The van der Waals surface area contributed by atoms with E-state index in [9.17, 15) is 18.4 Å². The Bertz CT molecular complexity index is 1520. The van der Waals surface area contributed by atoms with Gasteiger partial charge in [-0.2, -0.15) is 26.3 Å². The number of alkyl halides is 6. The van der Waals surface area contributed by atoms with Gasteiger partial charge in [0.2, 0.25) is 0 Å². The third-order valence-corrected chi connectivity index (χ3v) is 8.62. The number of carbonyl (C=O) groups excluding carboxylic acids is 2. The number of allylic oxidation sites excluding steroid dienone is 2.